The minimum atomic E-state index is -0.465. The summed E-state index contributed by atoms with van der Waals surface area (Å²) in [5, 5.41) is 0. The number of hydrogen-bond donors (Lipinski definition) is 1. The van der Waals surface area contributed by atoms with E-state index in [4.69, 9.17) is 5.73 Å². The number of nitrogens with zero attached hydrogens (tertiary/aromatic N) is 2. The van der Waals surface area contributed by atoms with Crippen LogP contribution in [0.3, 0.4) is 0 Å². The lowest BCUT2D eigenvalue weighted by molar-refractivity contribution is 0.213. The van der Waals surface area contributed by atoms with Gasteiger partial charge in [-0.3, -0.25) is 0 Å². The van der Waals surface area contributed by atoms with Crippen molar-refractivity contribution in [2.45, 2.75) is 6.04 Å². The number of urea groups is 1. The molecule has 0 aromatic heterocycles. The van der Waals surface area contributed by atoms with E-state index < -0.39 is 12.1 Å². The van der Waals surface area contributed by atoms with Crippen LogP contribution in [0.15, 0.2) is 40.3 Å². The van der Waals surface area contributed by atoms with Gasteiger partial charge in [0.2, 0.25) is 0 Å². The summed E-state index contributed by atoms with van der Waals surface area (Å²) in [6.45, 7) is 3.92. The van der Waals surface area contributed by atoms with E-state index in [9.17, 15) is 9.18 Å². The van der Waals surface area contributed by atoms with E-state index in [0.29, 0.717) is 16.6 Å². The van der Waals surface area contributed by atoms with Gasteiger partial charge in [0.1, 0.15) is 17.7 Å². The van der Waals surface area contributed by atoms with E-state index in [0.717, 1.165) is 0 Å². The molecule has 1 atom stereocenters. The largest absolute Gasteiger partial charge is 0.385 e. The Bertz CT molecular complexity index is 544. The third kappa shape index (κ3) is 2.15. The summed E-state index contributed by atoms with van der Waals surface area (Å²) in [7, 11) is 0. The smallest absolute Gasteiger partial charge is 0.346 e. The standard InChI is InChI=1S/C12H11BrFN3O/c1-2-5-17-10(11(15)16-12(17)18)7-3-4-9(14)8(13)6-7/h2-4,6,10H,1,5H2,(H2,15,16,18). The highest BCUT2D eigenvalue weighted by Crippen LogP contribution is 2.29. The zero-order valence-corrected chi connectivity index (χ0v) is 11.0. The highest BCUT2D eigenvalue weighted by molar-refractivity contribution is 9.10. The summed E-state index contributed by atoms with van der Waals surface area (Å²) in [5.41, 5.74) is 6.46. The first-order chi connectivity index (χ1) is 8.54. The van der Waals surface area contributed by atoms with Crippen molar-refractivity contribution in [3.8, 4) is 0 Å². The lowest BCUT2D eigenvalue weighted by Crippen LogP contribution is -2.33. The van der Waals surface area contributed by atoms with Crippen molar-refractivity contribution in [3.63, 3.8) is 0 Å². The Kier molecular flexibility index (Phi) is 3.47. The summed E-state index contributed by atoms with van der Waals surface area (Å²) < 4.78 is 13.5. The maximum absolute atomic E-state index is 13.2. The second-order valence-electron chi connectivity index (χ2n) is 3.84. The van der Waals surface area contributed by atoms with Crippen LogP contribution in [-0.2, 0) is 0 Å². The third-order valence-corrected chi connectivity index (χ3v) is 3.26. The zero-order chi connectivity index (χ0) is 13.3. The summed E-state index contributed by atoms with van der Waals surface area (Å²) in [5.74, 6) is -0.158. The number of nitrogens with two attached hydrogens (primary N) is 1. The molecule has 0 saturated heterocycles. The molecule has 94 valence electrons. The van der Waals surface area contributed by atoms with Crippen LogP contribution in [-0.4, -0.2) is 23.3 Å². The van der Waals surface area contributed by atoms with Crippen LogP contribution in [0.25, 0.3) is 0 Å². The van der Waals surface area contributed by atoms with Crippen LogP contribution >= 0.6 is 15.9 Å². The molecular weight excluding hydrogens is 301 g/mol. The van der Waals surface area contributed by atoms with Gasteiger partial charge in [-0.15, -0.1) is 6.58 Å². The number of benzene rings is 1. The predicted octanol–water partition coefficient (Wildman–Crippen LogP) is 2.61. The molecule has 1 aromatic rings. The fraction of sp³-hybridized carbons (Fsp3) is 0.167. The molecule has 2 amide bonds. The molecule has 2 rings (SSSR count). The molecule has 1 aliphatic rings. The van der Waals surface area contributed by atoms with Gasteiger partial charge in [-0.1, -0.05) is 12.1 Å². The van der Waals surface area contributed by atoms with Crippen LogP contribution in [0.5, 0.6) is 0 Å². The van der Waals surface area contributed by atoms with Gasteiger partial charge in [-0.25, -0.2) is 9.18 Å². The number of rotatable bonds is 3. The van der Waals surface area contributed by atoms with Crippen molar-refractivity contribution in [2.75, 3.05) is 6.54 Å². The molecule has 0 radical (unpaired) electrons. The molecule has 0 aliphatic carbocycles. The lowest BCUT2D eigenvalue weighted by atomic mass is 10.1. The van der Waals surface area contributed by atoms with Crippen molar-refractivity contribution in [1.82, 2.24) is 4.90 Å². The Morgan fingerprint density at radius 1 is 1.61 bits per heavy atom. The van der Waals surface area contributed by atoms with E-state index >= 15 is 0 Å². The van der Waals surface area contributed by atoms with Crippen molar-refractivity contribution < 1.29 is 9.18 Å². The fourth-order valence-electron chi connectivity index (χ4n) is 1.86. The number of carbonyl (C=O) groups excluding carboxylic acids is 1. The first-order valence-corrected chi connectivity index (χ1v) is 6.04. The van der Waals surface area contributed by atoms with Gasteiger partial charge < -0.3 is 10.6 Å². The molecule has 18 heavy (non-hydrogen) atoms. The molecule has 0 saturated carbocycles. The molecule has 1 aliphatic heterocycles. The van der Waals surface area contributed by atoms with Crippen molar-refractivity contribution in [1.29, 1.82) is 0 Å². The molecule has 2 N–H and O–H groups in total. The molecule has 6 heteroatoms. The van der Waals surface area contributed by atoms with Crippen molar-refractivity contribution in [3.05, 3.63) is 46.7 Å². The number of aliphatic imine (C=N–C) groups is 1. The van der Waals surface area contributed by atoms with E-state index in [-0.39, 0.29) is 11.7 Å². The maximum Gasteiger partial charge on any atom is 0.346 e. The zero-order valence-electron chi connectivity index (χ0n) is 9.44. The third-order valence-electron chi connectivity index (χ3n) is 2.65. The van der Waals surface area contributed by atoms with Crippen LogP contribution in [0.4, 0.5) is 9.18 Å². The average molecular weight is 312 g/mol. The van der Waals surface area contributed by atoms with Crippen molar-refractivity contribution in [2.24, 2.45) is 10.7 Å². The number of carbonyl (C=O) groups is 1. The molecule has 1 heterocycles. The van der Waals surface area contributed by atoms with E-state index in [1.165, 1.54) is 11.0 Å². The first kappa shape index (κ1) is 12.8. The first-order valence-electron chi connectivity index (χ1n) is 5.25. The predicted molar refractivity (Wildman–Crippen MR) is 70.8 cm³/mol. The molecule has 4 nitrogen and oxygen atoms in total. The SMILES string of the molecule is C=CCN1C(=O)N=C(N)C1c1ccc(F)c(Br)c1. The van der Waals surface area contributed by atoms with Crippen LogP contribution < -0.4 is 5.73 Å². The van der Waals surface area contributed by atoms with E-state index in [1.54, 1.807) is 18.2 Å². The topological polar surface area (TPSA) is 58.7 Å². The highest BCUT2D eigenvalue weighted by atomic mass is 79.9. The maximum atomic E-state index is 13.2. The Balaban J connectivity index is 2.40. The minimum absolute atomic E-state index is 0.209. The monoisotopic (exact) mass is 311 g/mol. The van der Waals surface area contributed by atoms with Gasteiger partial charge in [-0.2, -0.15) is 4.99 Å². The van der Waals surface area contributed by atoms with Crippen LogP contribution in [0, 0.1) is 5.82 Å². The van der Waals surface area contributed by atoms with Gasteiger partial charge >= 0.3 is 6.03 Å². The number of halogens is 2. The van der Waals surface area contributed by atoms with E-state index in [2.05, 4.69) is 27.5 Å². The normalized spacial score (nSPS) is 19.0. The molecule has 0 fully saturated rings. The van der Waals surface area contributed by atoms with Gasteiger partial charge in [0.25, 0.3) is 0 Å². The minimum Gasteiger partial charge on any atom is -0.385 e. The summed E-state index contributed by atoms with van der Waals surface area (Å²) >= 11 is 3.11. The molecule has 1 aromatic carbocycles. The molecule has 0 bridgehead atoms. The Labute approximate surface area is 112 Å². The molecule has 0 spiro atoms. The van der Waals surface area contributed by atoms with Crippen LogP contribution in [0.1, 0.15) is 11.6 Å². The highest BCUT2D eigenvalue weighted by Gasteiger charge is 2.33. The number of amidine groups is 1. The lowest BCUT2D eigenvalue weighted by Gasteiger charge is -2.23. The fourth-order valence-corrected chi connectivity index (χ4v) is 2.26. The Hall–Kier alpha value is -1.69. The van der Waals surface area contributed by atoms with Crippen LogP contribution in [0.2, 0.25) is 0 Å². The Morgan fingerprint density at radius 2 is 2.33 bits per heavy atom. The quantitative estimate of drug-likeness (QED) is 0.872. The number of hydrogen-bond acceptors (Lipinski definition) is 2. The summed E-state index contributed by atoms with van der Waals surface area (Å²) in [4.78, 5) is 16.8. The second-order valence-corrected chi connectivity index (χ2v) is 4.69. The van der Waals surface area contributed by atoms with Gasteiger partial charge in [0.05, 0.1) is 4.47 Å². The molecule has 1 unspecified atom stereocenters. The second kappa shape index (κ2) is 4.89. The van der Waals surface area contributed by atoms with Crippen molar-refractivity contribution >= 4 is 27.8 Å². The number of amides is 2. The van der Waals surface area contributed by atoms with Gasteiger partial charge in [0, 0.05) is 6.54 Å². The van der Waals surface area contributed by atoms with E-state index in [1.807, 2.05) is 0 Å². The Morgan fingerprint density at radius 3 is 2.94 bits per heavy atom. The van der Waals surface area contributed by atoms with Gasteiger partial charge in [0.15, 0.2) is 0 Å². The molecular formula is C12H11BrFN3O. The average Bonchev–Trinajstić information content (AvgIpc) is 2.59. The van der Waals surface area contributed by atoms with Gasteiger partial charge in [-0.05, 0) is 33.6 Å². The summed E-state index contributed by atoms with van der Waals surface area (Å²) in [6, 6.07) is 3.63. The summed E-state index contributed by atoms with van der Waals surface area (Å²) in [6.07, 6.45) is 1.59.